The lowest BCUT2D eigenvalue weighted by atomic mass is 10.2. The molecule has 0 radical (unpaired) electrons. The fourth-order valence-electron chi connectivity index (χ4n) is 3.95. The molecule has 1 N–H and O–H groups in total. The van der Waals surface area contributed by atoms with Crippen LogP contribution in [-0.4, -0.2) is 30.4 Å². The Bertz CT molecular complexity index is 1850. The minimum Gasteiger partial charge on any atom is -0.321 e. The Labute approximate surface area is 236 Å². The molecule has 0 aliphatic heterocycles. The fourth-order valence-corrected chi connectivity index (χ4v) is 5.84. The van der Waals surface area contributed by atoms with Crippen LogP contribution in [0.4, 0.5) is 18.9 Å². The van der Waals surface area contributed by atoms with E-state index in [2.05, 4.69) is 10.4 Å². The Balaban J connectivity index is 1.54. The van der Waals surface area contributed by atoms with Gasteiger partial charge in [0.25, 0.3) is 5.91 Å². The molecule has 0 unspecified atom stereocenters. The molecule has 0 aliphatic carbocycles. The van der Waals surface area contributed by atoms with Gasteiger partial charge in [-0.2, -0.15) is 18.3 Å². The zero-order valence-corrected chi connectivity index (χ0v) is 23.0. The van der Waals surface area contributed by atoms with E-state index >= 15 is 0 Å². The molecule has 2 heterocycles. The van der Waals surface area contributed by atoms with Crippen molar-refractivity contribution in [1.82, 2.24) is 9.78 Å². The van der Waals surface area contributed by atoms with Gasteiger partial charge in [-0.05, 0) is 66.2 Å². The van der Waals surface area contributed by atoms with Crippen molar-refractivity contribution in [3.05, 3.63) is 107 Å². The average molecular weight is 602 g/mol. The normalized spacial score (nSPS) is 11.9. The number of carbonyl (C=O) groups excluding carboxylic acids is 1. The van der Waals surface area contributed by atoms with Crippen LogP contribution in [0.1, 0.15) is 16.1 Å². The Morgan fingerprint density at radius 1 is 0.925 bits per heavy atom. The number of nitrogens with zero attached hydrogens (tertiary/aromatic N) is 2. The summed E-state index contributed by atoms with van der Waals surface area (Å²) in [7, 11) is -3.40. The number of thiophene rings is 1. The van der Waals surface area contributed by atoms with Crippen LogP contribution in [0.25, 0.3) is 26.7 Å². The molecule has 0 saturated carbocycles. The first-order valence-electron chi connectivity index (χ1n) is 11.6. The van der Waals surface area contributed by atoms with Crippen molar-refractivity contribution in [2.75, 3.05) is 11.6 Å². The summed E-state index contributed by atoms with van der Waals surface area (Å²) in [5, 5.41) is 7.29. The maximum atomic E-state index is 13.1. The lowest BCUT2D eigenvalue weighted by Crippen LogP contribution is -2.14. The van der Waals surface area contributed by atoms with Crippen molar-refractivity contribution in [3.63, 3.8) is 0 Å². The van der Waals surface area contributed by atoms with Gasteiger partial charge in [-0.3, -0.25) is 4.79 Å². The summed E-state index contributed by atoms with van der Waals surface area (Å²) in [6.45, 7) is 0. The third kappa shape index (κ3) is 5.81. The highest BCUT2D eigenvalue weighted by Crippen LogP contribution is 2.37. The Morgan fingerprint density at radius 2 is 1.65 bits per heavy atom. The first-order valence-corrected chi connectivity index (χ1v) is 14.7. The lowest BCUT2D eigenvalue weighted by Gasteiger charge is -2.09. The van der Waals surface area contributed by atoms with Crippen LogP contribution in [-0.2, 0) is 16.0 Å². The number of benzene rings is 3. The number of para-hydroxylation sites is 1. The van der Waals surface area contributed by atoms with Gasteiger partial charge in [-0.25, -0.2) is 13.1 Å². The summed E-state index contributed by atoms with van der Waals surface area (Å²) >= 11 is 7.79. The van der Waals surface area contributed by atoms with Crippen LogP contribution >= 0.6 is 22.9 Å². The smallest absolute Gasteiger partial charge is 0.321 e. The van der Waals surface area contributed by atoms with E-state index in [1.165, 1.54) is 40.3 Å². The van der Waals surface area contributed by atoms with Gasteiger partial charge in [0.15, 0.2) is 15.5 Å². The largest absolute Gasteiger partial charge is 0.416 e. The van der Waals surface area contributed by atoms with Gasteiger partial charge in [0.05, 0.1) is 31.7 Å². The second-order valence-electron chi connectivity index (χ2n) is 8.77. The molecule has 0 atom stereocenters. The number of nitrogens with one attached hydrogen (secondary N) is 1. The number of halogens is 4. The molecule has 5 rings (SSSR count). The Kier molecular flexibility index (Phi) is 7.30. The van der Waals surface area contributed by atoms with Crippen molar-refractivity contribution in [2.24, 2.45) is 0 Å². The molecule has 0 saturated heterocycles. The lowest BCUT2D eigenvalue weighted by molar-refractivity contribution is -0.137. The summed E-state index contributed by atoms with van der Waals surface area (Å²) in [6.07, 6.45) is -3.42. The first kappa shape index (κ1) is 27.6. The molecule has 3 aromatic carbocycles. The number of amides is 1. The molecule has 1 amide bonds. The number of rotatable bonds is 6. The number of hydrogen-bond donors (Lipinski definition) is 1. The van der Waals surface area contributed by atoms with E-state index in [-0.39, 0.29) is 16.3 Å². The molecule has 2 aromatic heterocycles. The van der Waals surface area contributed by atoms with Crippen LogP contribution in [0.15, 0.2) is 95.9 Å². The van der Waals surface area contributed by atoms with Crippen LogP contribution < -0.4 is 5.32 Å². The van der Waals surface area contributed by atoms with E-state index < -0.39 is 27.5 Å². The summed E-state index contributed by atoms with van der Waals surface area (Å²) in [5.74, 6) is -0.705. The molecule has 0 spiro atoms. The topological polar surface area (TPSA) is 81.1 Å². The van der Waals surface area contributed by atoms with Crippen molar-refractivity contribution in [1.29, 1.82) is 0 Å². The molecule has 0 fully saturated rings. The minimum absolute atomic E-state index is 0.0298. The highest BCUT2D eigenvalue weighted by atomic mass is 35.5. The number of anilines is 1. The molecule has 204 valence electrons. The third-order valence-corrected chi connectivity index (χ3v) is 8.46. The van der Waals surface area contributed by atoms with Gasteiger partial charge in [0.1, 0.15) is 0 Å². The van der Waals surface area contributed by atoms with Gasteiger partial charge in [0, 0.05) is 16.8 Å². The maximum absolute atomic E-state index is 13.1. The summed E-state index contributed by atoms with van der Waals surface area (Å²) in [5.41, 5.74) is 0.743. The first-order chi connectivity index (χ1) is 18.9. The highest BCUT2D eigenvalue weighted by Gasteiger charge is 2.30. The van der Waals surface area contributed by atoms with E-state index in [1.54, 1.807) is 42.5 Å². The van der Waals surface area contributed by atoms with Gasteiger partial charge >= 0.3 is 6.18 Å². The van der Waals surface area contributed by atoms with E-state index in [4.69, 9.17) is 11.6 Å². The molecule has 12 heteroatoms. The van der Waals surface area contributed by atoms with Gasteiger partial charge in [-0.15, -0.1) is 11.3 Å². The zero-order valence-electron chi connectivity index (χ0n) is 20.6. The Hall–Kier alpha value is -3.93. The molecule has 0 bridgehead atoms. The summed E-state index contributed by atoms with van der Waals surface area (Å²) < 4.78 is 64.9. The minimum atomic E-state index is -4.56. The number of hydrogen-bond acceptors (Lipinski definition) is 5. The SMILES string of the molecule is CS(=O)(=O)c1cccc(-c2ccc(-c3cc(C(=O)Nc4cccc(C(F)(F)F)c4)nn3-c3ccccc3Cl)s2)c1. The van der Waals surface area contributed by atoms with Crippen LogP contribution in [0, 0.1) is 0 Å². The molecule has 40 heavy (non-hydrogen) atoms. The molecule has 6 nitrogen and oxygen atoms in total. The van der Waals surface area contributed by atoms with Gasteiger partial charge < -0.3 is 5.32 Å². The maximum Gasteiger partial charge on any atom is 0.416 e. The van der Waals surface area contributed by atoms with E-state index in [1.807, 2.05) is 12.1 Å². The number of alkyl halides is 3. The predicted octanol–water partition coefficient (Wildman–Crippen LogP) is 7.60. The van der Waals surface area contributed by atoms with Crippen LogP contribution in [0.5, 0.6) is 0 Å². The van der Waals surface area contributed by atoms with Gasteiger partial charge in [-0.1, -0.05) is 41.9 Å². The van der Waals surface area contributed by atoms with Crippen LogP contribution in [0.3, 0.4) is 0 Å². The second kappa shape index (κ2) is 10.6. The van der Waals surface area contributed by atoms with E-state index in [0.717, 1.165) is 23.3 Å². The summed E-state index contributed by atoms with van der Waals surface area (Å²) in [6, 6.07) is 22.9. The van der Waals surface area contributed by atoms with E-state index in [9.17, 15) is 26.4 Å². The molecule has 0 aliphatic rings. The zero-order chi connectivity index (χ0) is 28.7. The Morgan fingerprint density at radius 3 is 2.38 bits per heavy atom. The predicted molar refractivity (Wildman–Crippen MR) is 150 cm³/mol. The fraction of sp³-hybridized carbons (Fsp3) is 0.0714. The van der Waals surface area contributed by atoms with Crippen molar-refractivity contribution in [3.8, 4) is 26.7 Å². The summed E-state index contributed by atoms with van der Waals surface area (Å²) in [4.78, 5) is 14.8. The standard InChI is InChI=1S/C28H19ClF3N3O3S2/c1-40(37,38)20-9-4-6-17(14-20)25-12-13-26(39-25)24-16-22(34-35(24)23-11-3-2-10-21(23)29)27(36)33-19-8-5-7-18(15-19)28(30,31)32/h2-16H,1H3,(H,33,36). The second-order valence-corrected chi connectivity index (χ2v) is 12.3. The van der Waals surface area contributed by atoms with E-state index in [0.29, 0.717) is 26.8 Å². The average Bonchev–Trinajstić information content (AvgIpc) is 3.56. The quantitative estimate of drug-likeness (QED) is 0.217. The molecule has 5 aromatic rings. The third-order valence-electron chi connectivity index (χ3n) is 5.88. The number of carbonyl (C=O) groups is 1. The monoisotopic (exact) mass is 601 g/mol. The highest BCUT2D eigenvalue weighted by molar-refractivity contribution is 7.90. The number of sulfone groups is 1. The van der Waals surface area contributed by atoms with Gasteiger partial charge in [0.2, 0.25) is 0 Å². The molecular formula is C28H19ClF3N3O3S2. The number of aromatic nitrogens is 2. The van der Waals surface area contributed by atoms with Crippen molar-refractivity contribution < 1.29 is 26.4 Å². The van der Waals surface area contributed by atoms with Crippen LogP contribution in [0.2, 0.25) is 5.02 Å². The van der Waals surface area contributed by atoms with Crippen molar-refractivity contribution >= 4 is 44.4 Å². The molecular weight excluding hydrogens is 583 g/mol. The van der Waals surface area contributed by atoms with Crippen molar-refractivity contribution in [2.45, 2.75) is 11.1 Å².